The number of aromatic nitrogens is 3. The summed E-state index contributed by atoms with van der Waals surface area (Å²) >= 11 is 0. The van der Waals surface area contributed by atoms with Gasteiger partial charge >= 0.3 is 5.69 Å². The fourth-order valence-electron chi connectivity index (χ4n) is 2.99. The Bertz CT molecular complexity index is 1110. The number of rotatable bonds is 2. The summed E-state index contributed by atoms with van der Waals surface area (Å²) in [6.45, 7) is 0.441. The summed E-state index contributed by atoms with van der Waals surface area (Å²) in [5.74, 6) is -0.388. The van der Waals surface area contributed by atoms with Crippen LogP contribution in [0.2, 0.25) is 0 Å². The summed E-state index contributed by atoms with van der Waals surface area (Å²) < 4.78 is 19.4. The molecule has 26 heavy (non-hydrogen) atoms. The van der Waals surface area contributed by atoms with Gasteiger partial charge in [0.25, 0.3) is 11.5 Å². The molecule has 0 radical (unpaired) electrons. The summed E-state index contributed by atoms with van der Waals surface area (Å²) in [6.07, 6.45) is 1.48. The van der Waals surface area contributed by atoms with Gasteiger partial charge in [0.05, 0.1) is 6.54 Å². The molecule has 0 atom stereocenters. The molecule has 9 heteroatoms. The Kier molecular flexibility index (Phi) is 3.76. The van der Waals surface area contributed by atoms with Gasteiger partial charge in [-0.2, -0.15) is 0 Å². The number of halogens is 1. The molecule has 0 aliphatic carbocycles. The van der Waals surface area contributed by atoms with Crippen molar-refractivity contribution in [2.24, 2.45) is 0 Å². The first-order valence-electron chi connectivity index (χ1n) is 7.88. The first-order chi connectivity index (χ1) is 12.5. The van der Waals surface area contributed by atoms with Crippen LogP contribution in [0.1, 0.15) is 21.7 Å². The number of H-pyrrole nitrogens is 2. The fourth-order valence-corrected chi connectivity index (χ4v) is 2.99. The Hall–Kier alpha value is -3.49. The molecule has 4 rings (SSSR count). The summed E-state index contributed by atoms with van der Waals surface area (Å²) in [4.78, 5) is 41.3. The minimum Gasteiger partial charge on any atom is -0.360 e. The molecule has 0 fully saturated rings. The van der Waals surface area contributed by atoms with Crippen molar-refractivity contribution in [1.29, 1.82) is 0 Å². The van der Waals surface area contributed by atoms with Crippen molar-refractivity contribution < 1.29 is 13.7 Å². The van der Waals surface area contributed by atoms with Crippen LogP contribution in [0, 0.1) is 5.82 Å². The molecule has 3 aromatic rings. The van der Waals surface area contributed by atoms with Crippen LogP contribution in [-0.2, 0) is 13.0 Å². The Morgan fingerprint density at radius 2 is 2.08 bits per heavy atom. The lowest BCUT2D eigenvalue weighted by atomic mass is 10.0. The summed E-state index contributed by atoms with van der Waals surface area (Å²) in [6, 6.07) is 6.16. The first-order valence-corrected chi connectivity index (χ1v) is 7.88. The first kappa shape index (κ1) is 16.0. The molecule has 8 nitrogen and oxygen atoms in total. The van der Waals surface area contributed by atoms with Gasteiger partial charge in [-0.25, -0.2) is 9.18 Å². The van der Waals surface area contributed by atoms with Crippen LogP contribution in [0.5, 0.6) is 0 Å². The third-order valence-corrected chi connectivity index (χ3v) is 4.29. The van der Waals surface area contributed by atoms with E-state index >= 15 is 0 Å². The van der Waals surface area contributed by atoms with Gasteiger partial charge in [-0.15, -0.1) is 0 Å². The van der Waals surface area contributed by atoms with Crippen LogP contribution in [-0.4, -0.2) is 32.5 Å². The van der Waals surface area contributed by atoms with E-state index in [1.54, 1.807) is 18.2 Å². The molecule has 0 bridgehead atoms. The van der Waals surface area contributed by atoms with Crippen LogP contribution in [0.15, 0.2) is 44.6 Å². The monoisotopic (exact) mass is 356 g/mol. The molecule has 1 aliphatic rings. The molecule has 0 unspecified atom stereocenters. The Labute approximate surface area is 145 Å². The smallest absolute Gasteiger partial charge is 0.325 e. The van der Waals surface area contributed by atoms with Crippen LogP contribution >= 0.6 is 0 Å². The minimum absolute atomic E-state index is 0.125. The molecule has 3 heterocycles. The van der Waals surface area contributed by atoms with Crippen molar-refractivity contribution >= 4 is 5.91 Å². The maximum Gasteiger partial charge on any atom is 0.325 e. The second-order valence-electron chi connectivity index (χ2n) is 5.88. The van der Waals surface area contributed by atoms with Gasteiger partial charge < -0.3 is 14.4 Å². The molecule has 1 aromatic carbocycles. The zero-order valence-corrected chi connectivity index (χ0v) is 13.4. The van der Waals surface area contributed by atoms with Gasteiger partial charge in [0.2, 0.25) is 0 Å². The minimum atomic E-state index is -0.760. The third-order valence-electron chi connectivity index (χ3n) is 4.29. The molecule has 0 saturated heterocycles. The molecule has 1 amide bonds. The molecular formula is C17H13FN4O4. The van der Waals surface area contributed by atoms with Crippen molar-refractivity contribution in [3.05, 3.63) is 74.0 Å². The second kappa shape index (κ2) is 6.10. The number of carbonyl (C=O) groups excluding carboxylic acids is 1. The highest BCUT2D eigenvalue weighted by Gasteiger charge is 2.29. The molecule has 132 valence electrons. The lowest BCUT2D eigenvalue weighted by Gasteiger charge is -2.26. The predicted molar refractivity (Wildman–Crippen MR) is 88.0 cm³/mol. The van der Waals surface area contributed by atoms with E-state index in [1.165, 1.54) is 11.0 Å². The topological polar surface area (TPSA) is 112 Å². The number of nitrogens with one attached hydrogen (secondary N) is 2. The fraction of sp³-hybridized carbons (Fsp3) is 0.176. The van der Waals surface area contributed by atoms with Crippen molar-refractivity contribution in [3.8, 4) is 11.3 Å². The quantitative estimate of drug-likeness (QED) is 0.713. The number of aromatic amines is 2. The van der Waals surface area contributed by atoms with Crippen LogP contribution in [0.25, 0.3) is 11.3 Å². The number of hydrogen-bond donors (Lipinski definition) is 2. The van der Waals surface area contributed by atoms with Crippen LogP contribution in [0.4, 0.5) is 4.39 Å². The van der Waals surface area contributed by atoms with Crippen LogP contribution in [0.3, 0.4) is 0 Å². The Balaban J connectivity index is 1.69. The highest BCUT2D eigenvalue weighted by atomic mass is 19.1. The van der Waals surface area contributed by atoms with Gasteiger partial charge in [0, 0.05) is 30.3 Å². The maximum atomic E-state index is 14.1. The largest absolute Gasteiger partial charge is 0.360 e. The van der Waals surface area contributed by atoms with E-state index < -0.39 is 23.0 Å². The van der Waals surface area contributed by atoms with Gasteiger partial charge in [0.1, 0.15) is 22.8 Å². The summed E-state index contributed by atoms with van der Waals surface area (Å²) in [5, 5.41) is 3.96. The second-order valence-corrected chi connectivity index (χ2v) is 5.88. The summed E-state index contributed by atoms with van der Waals surface area (Å²) in [7, 11) is 0. The van der Waals surface area contributed by atoms with E-state index in [1.807, 2.05) is 4.98 Å². The number of hydrogen-bond acceptors (Lipinski definition) is 5. The number of amides is 1. The average Bonchev–Trinajstić information content (AvgIpc) is 3.04. The number of carbonyl (C=O) groups is 1. The normalized spacial score (nSPS) is 13.5. The number of nitrogens with zero attached hydrogens (tertiary/aromatic N) is 2. The van der Waals surface area contributed by atoms with Gasteiger partial charge in [-0.1, -0.05) is 17.3 Å². The van der Waals surface area contributed by atoms with Gasteiger partial charge in [-0.05, 0) is 12.1 Å². The number of fused-ring (bicyclic) bond motifs is 1. The third kappa shape index (κ3) is 2.63. The lowest BCUT2D eigenvalue weighted by Crippen LogP contribution is -2.39. The van der Waals surface area contributed by atoms with E-state index in [2.05, 4.69) is 10.1 Å². The van der Waals surface area contributed by atoms with E-state index in [9.17, 15) is 18.8 Å². The molecular weight excluding hydrogens is 343 g/mol. The van der Waals surface area contributed by atoms with E-state index in [0.29, 0.717) is 30.0 Å². The van der Waals surface area contributed by atoms with E-state index in [-0.39, 0.29) is 17.7 Å². The highest BCUT2D eigenvalue weighted by molar-refractivity contribution is 5.93. The number of benzene rings is 1. The molecule has 0 spiro atoms. The van der Waals surface area contributed by atoms with Crippen molar-refractivity contribution in [1.82, 2.24) is 20.0 Å². The molecule has 2 N–H and O–H groups in total. The van der Waals surface area contributed by atoms with E-state index in [0.717, 1.165) is 6.20 Å². The Morgan fingerprint density at radius 3 is 2.85 bits per heavy atom. The highest BCUT2D eigenvalue weighted by Crippen LogP contribution is 2.31. The molecule has 2 aromatic heterocycles. The van der Waals surface area contributed by atoms with Crippen molar-refractivity contribution in [3.63, 3.8) is 0 Å². The SMILES string of the molecule is O=C(c1c[nH]c(=O)[nH]c1=O)N1CCc2onc(-c3ccccc3F)c2C1. The predicted octanol–water partition coefficient (Wildman–Crippen LogP) is 1.06. The van der Waals surface area contributed by atoms with Crippen molar-refractivity contribution in [2.45, 2.75) is 13.0 Å². The van der Waals surface area contributed by atoms with E-state index in [4.69, 9.17) is 4.52 Å². The lowest BCUT2D eigenvalue weighted by molar-refractivity contribution is 0.0726. The van der Waals surface area contributed by atoms with Gasteiger partial charge in [0.15, 0.2) is 0 Å². The maximum absolute atomic E-state index is 14.1. The van der Waals surface area contributed by atoms with Gasteiger partial charge in [-0.3, -0.25) is 14.6 Å². The summed E-state index contributed by atoms with van der Waals surface area (Å²) in [5.41, 5.74) is -0.385. The molecule has 0 saturated carbocycles. The Morgan fingerprint density at radius 1 is 1.27 bits per heavy atom. The van der Waals surface area contributed by atoms with Crippen LogP contribution < -0.4 is 11.2 Å². The molecule has 1 aliphatic heterocycles. The average molecular weight is 356 g/mol. The van der Waals surface area contributed by atoms with Crippen molar-refractivity contribution in [2.75, 3.05) is 6.54 Å². The standard InChI is InChI=1S/C17H13FN4O4/c18-12-4-2-1-3-9(12)14-11-8-22(6-5-13(11)26-21-14)16(24)10-7-19-17(25)20-15(10)23/h1-4,7H,5-6,8H2,(H2,19,20,23,25). The zero-order valence-electron chi connectivity index (χ0n) is 13.4. The zero-order chi connectivity index (χ0) is 18.3.